The number of non-ortho nitro benzene ring substituents is 1. The molecule has 1 heterocycles. The molecule has 3 rings (SSSR count). The van der Waals surface area contributed by atoms with E-state index in [1.165, 1.54) is 23.8 Å². The van der Waals surface area contributed by atoms with Crippen molar-refractivity contribution in [1.82, 2.24) is 4.90 Å². The molecule has 2 aromatic carbocycles. The Kier molecular flexibility index (Phi) is 4.61. The lowest BCUT2D eigenvalue weighted by Crippen LogP contribution is -2.39. The highest BCUT2D eigenvalue weighted by molar-refractivity contribution is 5.81. The highest BCUT2D eigenvalue weighted by Crippen LogP contribution is 2.22. The molecule has 0 saturated carbocycles. The smallest absolute Gasteiger partial charge is 0.270 e. The van der Waals surface area contributed by atoms with Crippen LogP contribution in [0.15, 0.2) is 42.5 Å². The number of nitriles is 1. The summed E-state index contributed by atoms with van der Waals surface area (Å²) in [5, 5.41) is 22.8. The van der Waals surface area contributed by atoms with E-state index in [0.29, 0.717) is 18.8 Å². The average molecular weight is 336 g/mol. The van der Waals surface area contributed by atoms with Crippen molar-refractivity contribution in [3.8, 4) is 6.07 Å². The van der Waals surface area contributed by atoms with Gasteiger partial charge in [0.2, 0.25) is 5.91 Å². The standard InChI is InChI=1S/C18H16N4O3/c19-10-15-9-16(22(24)25)5-6-17(15)20-11-18(23)21-8-7-13-3-1-2-4-14(13)12-21/h1-6,9,20H,7-8,11-12H2. The van der Waals surface area contributed by atoms with Gasteiger partial charge in [0.25, 0.3) is 5.69 Å². The molecule has 7 heteroatoms. The summed E-state index contributed by atoms with van der Waals surface area (Å²) in [7, 11) is 0. The second kappa shape index (κ2) is 7.01. The minimum atomic E-state index is -0.555. The van der Waals surface area contributed by atoms with Crippen LogP contribution in [0.25, 0.3) is 0 Å². The number of carbonyl (C=O) groups excluding carboxylic acids is 1. The number of fused-ring (bicyclic) bond motifs is 1. The monoisotopic (exact) mass is 336 g/mol. The molecule has 1 aliphatic rings. The molecule has 0 unspecified atom stereocenters. The van der Waals surface area contributed by atoms with E-state index < -0.39 is 4.92 Å². The topological polar surface area (TPSA) is 99.3 Å². The first-order valence-electron chi connectivity index (χ1n) is 7.85. The molecule has 0 fully saturated rings. The Morgan fingerprint density at radius 1 is 1.28 bits per heavy atom. The average Bonchev–Trinajstić information content (AvgIpc) is 2.65. The molecular formula is C18H16N4O3. The van der Waals surface area contributed by atoms with Crippen molar-refractivity contribution in [2.45, 2.75) is 13.0 Å². The Morgan fingerprint density at radius 3 is 2.76 bits per heavy atom. The van der Waals surface area contributed by atoms with Gasteiger partial charge in [-0.2, -0.15) is 5.26 Å². The fourth-order valence-electron chi connectivity index (χ4n) is 2.88. The normalized spacial score (nSPS) is 12.8. The van der Waals surface area contributed by atoms with Crippen LogP contribution < -0.4 is 5.32 Å². The number of hydrogen-bond donors (Lipinski definition) is 1. The summed E-state index contributed by atoms with van der Waals surface area (Å²) in [5.74, 6) is -0.0725. The largest absolute Gasteiger partial charge is 0.375 e. The fraction of sp³-hybridized carbons (Fsp3) is 0.222. The number of nitrogens with one attached hydrogen (secondary N) is 1. The molecule has 0 atom stereocenters. The van der Waals surface area contributed by atoms with Crippen LogP contribution in [0, 0.1) is 21.4 Å². The number of anilines is 1. The molecule has 0 spiro atoms. The zero-order valence-corrected chi connectivity index (χ0v) is 13.4. The van der Waals surface area contributed by atoms with E-state index in [2.05, 4.69) is 11.4 Å². The van der Waals surface area contributed by atoms with Gasteiger partial charge < -0.3 is 10.2 Å². The van der Waals surface area contributed by atoms with Crippen LogP contribution in [-0.4, -0.2) is 28.8 Å². The molecular weight excluding hydrogens is 320 g/mol. The van der Waals surface area contributed by atoms with Gasteiger partial charge in [-0.05, 0) is 23.6 Å². The van der Waals surface area contributed by atoms with Crippen molar-refractivity contribution in [2.24, 2.45) is 0 Å². The first-order chi connectivity index (χ1) is 12.1. The lowest BCUT2D eigenvalue weighted by Gasteiger charge is -2.29. The predicted octanol–water partition coefficient (Wildman–Crippen LogP) is 2.46. The maximum atomic E-state index is 12.4. The molecule has 25 heavy (non-hydrogen) atoms. The van der Waals surface area contributed by atoms with Gasteiger partial charge in [0, 0.05) is 25.2 Å². The Bertz CT molecular complexity index is 873. The molecule has 0 aromatic heterocycles. The van der Waals surface area contributed by atoms with Gasteiger partial charge in [-0.3, -0.25) is 14.9 Å². The number of benzene rings is 2. The van der Waals surface area contributed by atoms with E-state index in [1.54, 1.807) is 4.90 Å². The highest BCUT2D eigenvalue weighted by atomic mass is 16.6. The molecule has 0 aliphatic carbocycles. The lowest BCUT2D eigenvalue weighted by atomic mass is 10.00. The summed E-state index contributed by atoms with van der Waals surface area (Å²) in [5.41, 5.74) is 2.82. The molecule has 2 aromatic rings. The summed E-state index contributed by atoms with van der Waals surface area (Å²) in [4.78, 5) is 24.4. The van der Waals surface area contributed by atoms with Crippen LogP contribution >= 0.6 is 0 Å². The minimum absolute atomic E-state index is 0.0364. The second-order valence-electron chi connectivity index (χ2n) is 5.79. The number of amides is 1. The fourth-order valence-corrected chi connectivity index (χ4v) is 2.88. The van der Waals surface area contributed by atoms with Gasteiger partial charge in [-0.25, -0.2) is 0 Å². The summed E-state index contributed by atoms with van der Waals surface area (Å²) < 4.78 is 0. The van der Waals surface area contributed by atoms with Crippen LogP contribution in [0.5, 0.6) is 0 Å². The van der Waals surface area contributed by atoms with Crippen LogP contribution in [0.1, 0.15) is 16.7 Å². The number of nitrogens with zero attached hydrogens (tertiary/aromatic N) is 3. The molecule has 1 N–H and O–H groups in total. The third-order valence-electron chi connectivity index (χ3n) is 4.25. The third kappa shape index (κ3) is 3.58. The molecule has 1 amide bonds. The highest BCUT2D eigenvalue weighted by Gasteiger charge is 2.20. The summed E-state index contributed by atoms with van der Waals surface area (Å²) in [6.07, 6.45) is 0.822. The van der Waals surface area contributed by atoms with Crippen molar-refractivity contribution in [2.75, 3.05) is 18.4 Å². The van der Waals surface area contributed by atoms with E-state index in [9.17, 15) is 14.9 Å². The van der Waals surface area contributed by atoms with E-state index >= 15 is 0 Å². The zero-order valence-electron chi connectivity index (χ0n) is 13.4. The van der Waals surface area contributed by atoms with Crippen LogP contribution in [0.3, 0.4) is 0 Å². The van der Waals surface area contributed by atoms with Crippen molar-refractivity contribution in [3.05, 3.63) is 69.3 Å². The second-order valence-corrected chi connectivity index (χ2v) is 5.79. The Labute approximate surface area is 144 Å². The minimum Gasteiger partial charge on any atom is -0.375 e. The van der Waals surface area contributed by atoms with E-state index in [1.807, 2.05) is 24.3 Å². The Balaban J connectivity index is 1.65. The maximum absolute atomic E-state index is 12.4. The quantitative estimate of drug-likeness (QED) is 0.683. The van der Waals surface area contributed by atoms with Gasteiger partial charge in [-0.15, -0.1) is 0 Å². The number of rotatable bonds is 4. The summed E-state index contributed by atoms with van der Waals surface area (Å²) in [6.45, 7) is 1.26. The van der Waals surface area contributed by atoms with Crippen molar-refractivity contribution in [3.63, 3.8) is 0 Å². The Morgan fingerprint density at radius 2 is 2.04 bits per heavy atom. The first-order valence-corrected chi connectivity index (χ1v) is 7.85. The lowest BCUT2D eigenvalue weighted by molar-refractivity contribution is -0.384. The van der Waals surface area contributed by atoms with Crippen LogP contribution in [-0.2, 0) is 17.8 Å². The van der Waals surface area contributed by atoms with Crippen LogP contribution in [0.4, 0.5) is 11.4 Å². The number of carbonyl (C=O) groups is 1. The summed E-state index contributed by atoms with van der Waals surface area (Å²) >= 11 is 0. The van der Waals surface area contributed by atoms with Gasteiger partial charge in [0.15, 0.2) is 0 Å². The zero-order chi connectivity index (χ0) is 17.8. The Hall–Kier alpha value is -3.40. The van der Waals surface area contributed by atoms with Crippen LogP contribution in [0.2, 0.25) is 0 Å². The molecule has 0 saturated heterocycles. The number of nitro groups is 1. The SMILES string of the molecule is N#Cc1cc([N+](=O)[O-])ccc1NCC(=O)N1CCc2ccccc2C1. The molecule has 1 aliphatic heterocycles. The molecule has 0 radical (unpaired) electrons. The number of hydrogen-bond acceptors (Lipinski definition) is 5. The molecule has 0 bridgehead atoms. The first kappa shape index (κ1) is 16.5. The predicted molar refractivity (Wildman–Crippen MR) is 91.9 cm³/mol. The van der Waals surface area contributed by atoms with Crippen molar-refractivity contribution >= 4 is 17.3 Å². The van der Waals surface area contributed by atoms with Gasteiger partial charge >= 0.3 is 0 Å². The maximum Gasteiger partial charge on any atom is 0.270 e. The molecule has 7 nitrogen and oxygen atoms in total. The number of nitro benzene ring substituents is 1. The van der Waals surface area contributed by atoms with Crippen molar-refractivity contribution in [1.29, 1.82) is 5.26 Å². The molecule has 126 valence electrons. The van der Waals surface area contributed by atoms with E-state index in [-0.39, 0.29) is 23.7 Å². The van der Waals surface area contributed by atoms with E-state index in [4.69, 9.17) is 5.26 Å². The summed E-state index contributed by atoms with van der Waals surface area (Å²) in [6, 6.07) is 13.9. The van der Waals surface area contributed by atoms with Gasteiger partial charge in [-0.1, -0.05) is 24.3 Å². The van der Waals surface area contributed by atoms with Crippen molar-refractivity contribution < 1.29 is 9.72 Å². The third-order valence-corrected chi connectivity index (χ3v) is 4.25. The van der Waals surface area contributed by atoms with E-state index in [0.717, 1.165) is 12.0 Å². The van der Waals surface area contributed by atoms with Gasteiger partial charge in [0.05, 0.1) is 22.7 Å². The van der Waals surface area contributed by atoms with Gasteiger partial charge in [0.1, 0.15) is 6.07 Å².